The summed E-state index contributed by atoms with van der Waals surface area (Å²) in [7, 11) is -4.65. The van der Waals surface area contributed by atoms with Crippen molar-refractivity contribution in [1.29, 1.82) is 0 Å². The number of hydrogen-bond acceptors (Lipinski definition) is 4. The number of aromatic nitrogens is 1. The molecule has 21 heavy (non-hydrogen) atoms. The molecule has 4 nitrogen and oxygen atoms in total. The highest BCUT2D eigenvalue weighted by molar-refractivity contribution is 9.10. The number of pyridine rings is 1. The molecular formula is C13H11BrF2N2O2S. The highest BCUT2D eigenvalue weighted by Gasteiger charge is 2.28. The smallest absolute Gasteiger partial charge is 0.341 e. The Balaban J connectivity index is 2.26. The van der Waals surface area contributed by atoms with Gasteiger partial charge in [0.1, 0.15) is 4.60 Å². The normalized spacial score (nSPS) is 11.6. The molecular weight excluding hydrogens is 366 g/mol. The van der Waals surface area contributed by atoms with Gasteiger partial charge in [-0.2, -0.15) is 8.78 Å². The highest BCUT2D eigenvalue weighted by atomic mass is 79.9. The van der Waals surface area contributed by atoms with Gasteiger partial charge in [0, 0.05) is 0 Å². The summed E-state index contributed by atoms with van der Waals surface area (Å²) in [5.74, 6) is -3.45. The average molecular weight is 377 g/mol. The van der Waals surface area contributed by atoms with Crippen LogP contribution in [-0.2, 0) is 16.4 Å². The largest absolute Gasteiger partial charge is 0.378 e. The SMILES string of the molecule is O=S(=O)(c1ccccc1NCc1cccc(Br)n1)C(F)F. The monoisotopic (exact) mass is 376 g/mol. The molecule has 0 aliphatic rings. The molecule has 2 rings (SSSR count). The van der Waals surface area contributed by atoms with Gasteiger partial charge in [-0.3, -0.25) is 0 Å². The van der Waals surface area contributed by atoms with Crippen LogP contribution in [0.3, 0.4) is 0 Å². The Morgan fingerprint density at radius 2 is 1.86 bits per heavy atom. The van der Waals surface area contributed by atoms with Gasteiger partial charge in [-0.05, 0) is 40.2 Å². The van der Waals surface area contributed by atoms with Crippen molar-refractivity contribution in [3.63, 3.8) is 0 Å². The Morgan fingerprint density at radius 1 is 1.14 bits per heavy atom. The summed E-state index contributed by atoms with van der Waals surface area (Å²) in [6.07, 6.45) is 0. The fourth-order valence-electron chi connectivity index (χ4n) is 1.69. The minimum atomic E-state index is -4.65. The average Bonchev–Trinajstić information content (AvgIpc) is 2.45. The lowest BCUT2D eigenvalue weighted by molar-refractivity contribution is 0.235. The van der Waals surface area contributed by atoms with Crippen LogP contribution < -0.4 is 5.32 Å². The van der Waals surface area contributed by atoms with Crippen molar-refractivity contribution < 1.29 is 17.2 Å². The van der Waals surface area contributed by atoms with Crippen molar-refractivity contribution in [3.05, 3.63) is 52.8 Å². The van der Waals surface area contributed by atoms with Crippen molar-refractivity contribution in [2.45, 2.75) is 17.2 Å². The Bertz CT molecular complexity index is 738. The molecule has 1 heterocycles. The minimum absolute atomic E-state index is 0.125. The summed E-state index contributed by atoms with van der Waals surface area (Å²) < 4.78 is 49.2. The van der Waals surface area contributed by atoms with E-state index in [2.05, 4.69) is 26.2 Å². The van der Waals surface area contributed by atoms with Gasteiger partial charge in [0.15, 0.2) is 0 Å². The molecule has 0 atom stereocenters. The summed E-state index contributed by atoms with van der Waals surface area (Å²) in [5, 5.41) is 2.82. The molecule has 0 aliphatic heterocycles. The second-order valence-corrected chi connectivity index (χ2v) is 6.81. The van der Waals surface area contributed by atoms with E-state index in [4.69, 9.17) is 0 Å². The van der Waals surface area contributed by atoms with Crippen molar-refractivity contribution in [2.24, 2.45) is 0 Å². The lowest BCUT2D eigenvalue weighted by atomic mass is 10.3. The van der Waals surface area contributed by atoms with Crippen molar-refractivity contribution in [3.8, 4) is 0 Å². The van der Waals surface area contributed by atoms with Gasteiger partial charge in [-0.1, -0.05) is 18.2 Å². The Labute approximate surface area is 129 Å². The number of anilines is 1. The molecule has 0 aliphatic carbocycles. The first-order valence-electron chi connectivity index (χ1n) is 5.87. The lowest BCUT2D eigenvalue weighted by Gasteiger charge is -2.12. The van der Waals surface area contributed by atoms with Crippen LogP contribution in [0.5, 0.6) is 0 Å². The molecule has 8 heteroatoms. The van der Waals surface area contributed by atoms with E-state index in [0.29, 0.717) is 10.3 Å². The van der Waals surface area contributed by atoms with Gasteiger partial charge in [0.2, 0.25) is 9.84 Å². The van der Waals surface area contributed by atoms with Crippen LogP contribution in [0.15, 0.2) is 52.0 Å². The molecule has 0 spiro atoms. The van der Waals surface area contributed by atoms with Crippen molar-refractivity contribution >= 4 is 31.5 Å². The molecule has 2 aromatic rings. The number of rotatable bonds is 5. The third-order valence-corrected chi connectivity index (χ3v) is 4.54. The Hall–Kier alpha value is -1.54. The van der Waals surface area contributed by atoms with Crippen LogP contribution in [0.1, 0.15) is 5.69 Å². The fourth-order valence-corrected chi connectivity index (χ4v) is 2.98. The van der Waals surface area contributed by atoms with Gasteiger partial charge < -0.3 is 5.32 Å². The minimum Gasteiger partial charge on any atom is -0.378 e. The van der Waals surface area contributed by atoms with Gasteiger partial charge in [-0.15, -0.1) is 0 Å². The second kappa shape index (κ2) is 6.48. The first-order chi connectivity index (χ1) is 9.91. The Morgan fingerprint density at radius 3 is 2.52 bits per heavy atom. The van der Waals surface area contributed by atoms with Crippen LogP contribution in [0.25, 0.3) is 0 Å². The first-order valence-corrected chi connectivity index (χ1v) is 8.21. The molecule has 0 fully saturated rings. The van der Waals surface area contributed by atoms with Gasteiger partial charge in [0.05, 0.1) is 22.8 Å². The van der Waals surface area contributed by atoms with E-state index in [9.17, 15) is 17.2 Å². The van der Waals surface area contributed by atoms with Crippen LogP contribution in [0, 0.1) is 0 Å². The first kappa shape index (κ1) is 15.8. The number of para-hydroxylation sites is 1. The maximum absolute atomic E-state index is 12.7. The molecule has 0 amide bonds. The van der Waals surface area contributed by atoms with E-state index in [-0.39, 0.29) is 12.2 Å². The third-order valence-electron chi connectivity index (χ3n) is 2.66. The van der Waals surface area contributed by atoms with Gasteiger partial charge >= 0.3 is 5.76 Å². The highest BCUT2D eigenvalue weighted by Crippen LogP contribution is 2.26. The molecule has 1 N–H and O–H groups in total. The maximum Gasteiger partial charge on any atom is 0.341 e. The number of hydrogen-bond donors (Lipinski definition) is 1. The van der Waals surface area contributed by atoms with Crippen LogP contribution in [0.4, 0.5) is 14.5 Å². The van der Waals surface area contributed by atoms with E-state index in [0.717, 1.165) is 6.07 Å². The van der Waals surface area contributed by atoms with E-state index in [1.807, 2.05) is 0 Å². The number of nitrogens with one attached hydrogen (secondary N) is 1. The number of nitrogens with zero attached hydrogens (tertiary/aromatic N) is 1. The van der Waals surface area contributed by atoms with Crippen LogP contribution in [0.2, 0.25) is 0 Å². The van der Waals surface area contributed by atoms with Crippen LogP contribution >= 0.6 is 15.9 Å². The number of benzene rings is 1. The molecule has 1 aromatic carbocycles. The third kappa shape index (κ3) is 3.76. The number of sulfone groups is 1. The van der Waals surface area contributed by atoms with Gasteiger partial charge in [-0.25, -0.2) is 13.4 Å². The molecule has 0 bridgehead atoms. The summed E-state index contributed by atoms with van der Waals surface area (Å²) in [4.78, 5) is 3.75. The molecule has 0 saturated heterocycles. The van der Waals surface area contributed by atoms with Crippen LogP contribution in [-0.4, -0.2) is 19.2 Å². The zero-order valence-electron chi connectivity index (χ0n) is 10.6. The summed E-state index contributed by atoms with van der Waals surface area (Å²) >= 11 is 3.22. The van der Waals surface area contributed by atoms with E-state index >= 15 is 0 Å². The van der Waals surface area contributed by atoms with E-state index in [1.165, 1.54) is 12.1 Å². The van der Waals surface area contributed by atoms with Crippen molar-refractivity contribution in [2.75, 3.05) is 5.32 Å². The standard InChI is InChI=1S/C13H11BrF2N2O2S/c14-12-7-3-4-9(18-12)8-17-10-5-1-2-6-11(10)21(19,20)13(15)16/h1-7,13,17H,8H2. The molecule has 0 saturated carbocycles. The second-order valence-electron chi connectivity index (χ2n) is 4.11. The van der Waals surface area contributed by atoms with E-state index in [1.54, 1.807) is 24.3 Å². The summed E-state index contributed by atoms with van der Waals surface area (Å²) in [5.41, 5.74) is 0.771. The maximum atomic E-state index is 12.7. The lowest BCUT2D eigenvalue weighted by Crippen LogP contribution is -2.14. The summed E-state index contributed by atoms with van der Waals surface area (Å²) in [6.45, 7) is 0.217. The number of halogens is 3. The van der Waals surface area contributed by atoms with Gasteiger partial charge in [0.25, 0.3) is 0 Å². The quantitative estimate of drug-likeness (QED) is 0.811. The molecule has 0 unspecified atom stereocenters. The van der Waals surface area contributed by atoms with E-state index < -0.39 is 20.5 Å². The molecule has 112 valence electrons. The predicted molar refractivity (Wildman–Crippen MR) is 78.9 cm³/mol. The topological polar surface area (TPSA) is 59.1 Å². The zero-order valence-corrected chi connectivity index (χ0v) is 13.0. The fraction of sp³-hybridized carbons (Fsp3) is 0.154. The summed E-state index contributed by atoms with van der Waals surface area (Å²) in [6, 6.07) is 10.8. The Kier molecular flexibility index (Phi) is 4.89. The predicted octanol–water partition coefficient (Wildman–Crippen LogP) is 3.45. The molecule has 1 aromatic heterocycles. The molecule has 0 radical (unpaired) electrons. The van der Waals surface area contributed by atoms with Crippen molar-refractivity contribution in [1.82, 2.24) is 4.98 Å². The number of alkyl halides is 2. The zero-order chi connectivity index (χ0) is 15.5.